The van der Waals surface area contributed by atoms with Crippen molar-refractivity contribution in [1.82, 2.24) is 5.32 Å². The normalized spacial score (nSPS) is 13.3. The number of benzene rings is 1. The molecule has 1 amide bonds. The third-order valence-electron chi connectivity index (χ3n) is 5.83. The number of unbranched alkanes of at least 4 members (excludes halogenated alkanes) is 11. The summed E-state index contributed by atoms with van der Waals surface area (Å²) in [7, 11) is -4.61. The van der Waals surface area contributed by atoms with Crippen LogP contribution in [0.15, 0.2) is 42.5 Å². The van der Waals surface area contributed by atoms with Gasteiger partial charge in [-0.3, -0.25) is 0 Å². The molecule has 0 saturated carbocycles. The van der Waals surface area contributed by atoms with Gasteiger partial charge in [-0.2, -0.15) is 0 Å². The van der Waals surface area contributed by atoms with E-state index in [1.165, 1.54) is 57.8 Å². The van der Waals surface area contributed by atoms with E-state index in [-0.39, 0.29) is 12.5 Å². The Morgan fingerprint density at radius 3 is 2.03 bits per heavy atom. The topological polar surface area (TPSA) is 99.0 Å². The van der Waals surface area contributed by atoms with Crippen LogP contribution in [0.3, 0.4) is 0 Å². The van der Waals surface area contributed by atoms with E-state index in [1.54, 1.807) is 0 Å². The predicted octanol–water partition coefficient (Wildman–Crippen LogP) is 6.15. The molecular formula is C27H48NO5P. The van der Waals surface area contributed by atoms with Gasteiger partial charge in [0.25, 0.3) is 0 Å². The molecule has 0 aliphatic carbocycles. The number of amides is 1. The van der Waals surface area contributed by atoms with E-state index in [0.717, 1.165) is 31.2 Å². The molecule has 0 spiro atoms. The first-order chi connectivity index (χ1) is 16.4. The minimum absolute atomic E-state index is 0.0803. The van der Waals surface area contributed by atoms with Gasteiger partial charge in [-0.25, -0.2) is 0 Å². The molecule has 196 valence electrons. The van der Waals surface area contributed by atoms with Gasteiger partial charge in [0, 0.05) is 0 Å². The molecule has 0 aliphatic rings. The van der Waals surface area contributed by atoms with Crippen molar-refractivity contribution >= 4 is 14.1 Å². The van der Waals surface area contributed by atoms with Crippen LogP contribution in [0, 0.1) is 0 Å². The number of hydrogen-bond donors (Lipinski definition) is 4. The molecule has 1 rings (SSSR count). The minimum atomic E-state index is -4.61. The van der Waals surface area contributed by atoms with Crippen molar-refractivity contribution in [2.24, 2.45) is 0 Å². The van der Waals surface area contributed by atoms with E-state index in [1.807, 2.05) is 30.3 Å². The maximum atomic E-state index is 12.4. The Hall–Kier alpha value is -1.30. The Kier molecular flexibility index (Phi) is 18.0. The van der Waals surface area contributed by atoms with Gasteiger partial charge in [0.2, 0.25) is 0 Å². The van der Waals surface area contributed by atoms with Crippen LogP contribution in [0.25, 0.3) is 0 Å². The van der Waals surface area contributed by atoms with Crippen molar-refractivity contribution in [3.63, 3.8) is 0 Å². The first kappa shape index (κ1) is 30.7. The fourth-order valence-corrected chi connectivity index (χ4v) is 4.34. The van der Waals surface area contributed by atoms with E-state index >= 15 is 0 Å². The van der Waals surface area contributed by atoms with Gasteiger partial charge in [-0.05, 0) is 12.8 Å². The van der Waals surface area contributed by atoms with Gasteiger partial charge in [0.15, 0.2) is 0 Å². The fraction of sp³-hybridized carbons (Fsp3) is 0.667. The molecule has 4 N–H and O–H groups in total. The molecule has 0 saturated heterocycles. The van der Waals surface area contributed by atoms with E-state index in [4.69, 9.17) is 19.2 Å². The van der Waals surface area contributed by atoms with Crippen molar-refractivity contribution in [2.75, 3.05) is 6.61 Å². The van der Waals surface area contributed by atoms with Crippen LogP contribution >= 0.6 is 8.17 Å². The Morgan fingerprint density at radius 1 is 0.882 bits per heavy atom. The Balaban J connectivity index is 2.11. The number of carbonyl (C=O) groups excluding carboxylic acids is 1. The molecule has 0 aromatic heterocycles. The van der Waals surface area contributed by atoms with Crippen LogP contribution < -0.4 is 5.32 Å². The first-order valence-electron chi connectivity index (χ1n) is 13.2. The summed E-state index contributed by atoms with van der Waals surface area (Å²) in [6.07, 6.45) is 21.4. The van der Waals surface area contributed by atoms with Gasteiger partial charge in [0.05, 0.1) is 0 Å². The monoisotopic (exact) mass is 497 g/mol. The summed E-state index contributed by atoms with van der Waals surface area (Å²) in [6.45, 7) is 2.10. The molecule has 0 bridgehead atoms. The van der Waals surface area contributed by atoms with Crippen molar-refractivity contribution in [3.05, 3.63) is 48.0 Å². The zero-order valence-corrected chi connectivity index (χ0v) is 22.1. The third-order valence-corrected chi connectivity index (χ3v) is 6.39. The first-order valence-corrected chi connectivity index (χ1v) is 14.9. The molecule has 0 fully saturated rings. The van der Waals surface area contributed by atoms with Crippen LogP contribution in [0.4, 0.5) is 0 Å². The number of allylic oxidation sites excluding steroid dienone is 2. The summed E-state index contributed by atoms with van der Waals surface area (Å²) in [5.74, 6) is -0.0803. The van der Waals surface area contributed by atoms with E-state index in [9.17, 15) is 4.79 Å². The molecule has 0 unspecified atom stereocenters. The Bertz CT molecular complexity index is 648. The number of nitrogens with one attached hydrogen (secondary N) is 1. The van der Waals surface area contributed by atoms with Gasteiger partial charge in [-0.15, -0.1) is 0 Å². The molecule has 0 heterocycles. The van der Waals surface area contributed by atoms with Crippen LogP contribution in [0.2, 0.25) is 0 Å². The molecule has 0 radical (unpaired) electrons. The molecule has 1 aromatic rings. The zero-order valence-electron chi connectivity index (χ0n) is 21.1. The summed E-state index contributed by atoms with van der Waals surface area (Å²) in [5, 5.41) is 2.90. The number of hydrogen-bond acceptors (Lipinski definition) is 5. The molecular weight excluding hydrogens is 449 g/mol. The number of rotatable bonds is 21. The van der Waals surface area contributed by atoms with Crippen LogP contribution in [0.1, 0.15) is 102 Å². The van der Waals surface area contributed by atoms with Gasteiger partial charge in [0.1, 0.15) is 0 Å². The number of carbonyl (C=O) groups is 1. The summed E-state index contributed by atoms with van der Waals surface area (Å²) >= 11 is 0. The summed E-state index contributed by atoms with van der Waals surface area (Å²) in [6, 6.07) is 9.16. The SMILES string of the molecule is CCCCCCCC/C=C\CCCCCCCC(=O)N[C@@H](CO[PH](O)(O)O)Cc1ccccc1. The van der Waals surface area contributed by atoms with Crippen molar-refractivity contribution in [1.29, 1.82) is 0 Å². The summed E-state index contributed by atoms with van der Waals surface area (Å²) in [5.41, 5.74) is 0.999. The summed E-state index contributed by atoms with van der Waals surface area (Å²) < 4.78 is 4.78. The second-order valence-electron chi connectivity index (χ2n) is 9.17. The Labute approximate surface area is 207 Å². The second kappa shape index (κ2) is 19.9. The molecule has 6 nitrogen and oxygen atoms in total. The second-order valence-corrected chi connectivity index (χ2v) is 10.6. The van der Waals surface area contributed by atoms with Crippen molar-refractivity contribution in [3.8, 4) is 0 Å². The molecule has 1 atom stereocenters. The average molecular weight is 498 g/mol. The van der Waals surface area contributed by atoms with E-state index in [2.05, 4.69) is 24.4 Å². The Morgan fingerprint density at radius 2 is 1.44 bits per heavy atom. The van der Waals surface area contributed by atoms with Crippen molar-refractivity contribution < 1.29 is 24.0 Å². The van der Waals surface area contributed by atoms with Crippen LogP contribution in [-0.4, -0.2) is 33.2 Å². The molecule has 1 aromatic carbocycles. The maximum absolute atomic E-state index is 12.4. The van der Waals surface area contributed by atoms with Crippen LogP contribution in [0.5, 0.6) is 0 Å². The van der Waals surface area contributed by atoms with E-state index < -0.39 is 14.2 Å². The van der Waals surface area contributed by atoms with E-state index in [0.29, 0.717) is 12.8 Å². The van der Waals surface area contributed by atoms with Gasteiger partial charge < -0.3 is 0 Å². The predicted molar refractivity (Wildman–Crippen MR) is 142 cm³/mol. The quantitative estimate of drug-likeness (QED) is 0.0927. The summed E-state index contributed by atoms with van der Waals surface area (Å²) in [4.78, 5) is 39.7. The van der Waals surface area contributed by atoms with Gasteiger partial charge in [-0.1, -0.05) is 51.2 Å². The van der Waals surface area contributed by atoms with Crippen molar-refractivity contribution in [2.45, 2.75) is 109 Å². The van der Waals surface area contributed by atoms with Gasteiger partial charge >= 0.3 is 143 Å². The molecule has 7 heteroatoms. The fourth-order valence-electron chi connectivity index (χ4n) is 3.92. The van der Waals surface area contributed by atoms with Crippen LogP contribution in [-0.2, 0) is 15.7 Å². The third kappa shape index (κ3) is 19.1. The standard InChI is InChI=1S/C27H48NO5P/c1-2-3-4-5-6-7-8-9-10-11-12-13-14-15-19-22-27(29)28-26(24-33-34(30,31)32)23-25-20-17-16-18-21-25/h9-10,16-18,20-21,26,30-32,34H,2-8,11-15,19,22-24H2,1H3,(H,28,29)/b10-9-/t26-/m1/s1. The average Bonchev–Trinajstić information content (AvgIpc) is 2.80. The molecule has 34 heavy (non-hydrogen) atoms. The molecule has 0 aliphatic heterocycles. The zero-order chi connectivity index (χ0) is 24.9.